The maximum absolute atomic E-state index is 6.05. The molecule has 1 heteroatoms. The molecule has 10 heavy (non-hydrogen) atoms. The minimum absolute atomic E-state index is 0.604. The van der Waals surface area contributed by atoms with Crippen LogP contribution in [0.4, 0.5) is 0 Å². The molecule has 1 nitrogen and oxygen atoms in total. The van der Waals surface area contributed by atoms with E-state index in [0.717, 1.165) is 22.7 Å². The van der Waals surface area contributed by atoms with Crippen LogP contribution in [-0.4, -0.2) is 6.04 Å². The fourth-order valence-electron chi connectivity index (χ4n) is 4.49. The van der Waals surface area contributed by atoms with E-state index in [2.05, 4.69) is 0 Å². The molecule has 5 unspecified atom stereocenters. The van der Waals surface area contributed by atoms with Crippen LogP contribution in [0.15, 0.2) is 0 Å². The van der Waals surface area contributed by atoms with Gasteiger partial charge >= 0.3 is 0 Å². The standard InChI is InChI=1S/C9H13N/c10-7-4-8-1-5(8)2-9(8)3-6(7)9/h5-7H,1-4,10H2. The summed E-state index contributed by atoms with van der Waals surface area (Å²) in [5, 5.41) is 0. The van der Waals surface area contributed by atoms with E-state index in [4.69, 9.17) is 5.73 Å². The Morgan fingerprint density at radius 3 is 2.20 bits per heavy atom. The molecular formula is C9H13N. The molecule has 0 bridgehead atoms. The molecule has 4 aliphatic rings. The van der Waals surface area contributed by atoms with Gasteiger partial charge in [-0.05, 0) is 48.3 Å². The number of hydrogen-bond donors (Lipinski definition) is 1. The second kappa shape index (κ2) is 0.911. The molecule has 2 spiro atoms. The fraction of sp³-hybridized carbons (Fsp3) is 1.00. The second-order valence-corrected chi connectivity index (χ2v) is 5.10. The lowest BCUT2D eigenvalue weighted by Gasteiger charge is -2.33. The SMILES string of the molecule is NC1CC23CC2CC32CC12. The third-order valence-electron chi connectivity index (χ3n) is 5.08. The molecule has 0 aromatic heterocycles. The van der Waals surface area contributed by atoms with Gasteiger partial charge in [0.25, 0.3) is 0 Å². The van der Waals surface area contributed by atoms with Crippen molar-refractivity contribution >= 4 is 0 Å². The van der Waals surface area contributed by atoms with Gasteiger partial charge < -0.3 is 5.73 Å². The van der Waals surface area contributed by atoms with Gasteiger partial charge in [0.15, 0.2) is 0 Å². The average molecular weight is 135 g/mol. The summed E-state index contributed by atoms with van der Waals surface area (Å²) in [7, 11) is 0. The Morgan fingerprint density at radius 2 is 1.80 bits per heavy atom. The first-order chi connectivity index (χ1) is 4.79. The summed E-state index contributed by atoms with van der Waals surface area (Å²) in [5.41, 5.74) is 7.76. The zero-order valence-electron chi connectivity index (χ0n) is 6.14. The molecule has 0 heterocycles. The fourth-order valence-corrected chi connectivity index (χ4v) is 4.49. The van der Waals surface area contributed by atoms with Crippen molar-refractivity contribution in [2.45, 2.75) is 31.7 Å². The van der Waals surface area contributed by atoms with Gasteiger partial charge in [0.1, 0.15) is 0 Å². The van der Waals surface area contributed by atoms with Crippen LogP contribution in [0.3, 0.4) is 0 Å². The molecule has 4 saturated carbocycles. The molecule has 0 aliphatic heterocycles. The van der Waals surface area contributed by atoms with Crippen molar-refractivity contribution in [3.63, 3.8) is 0 Å². The second-order valence-electron chi connectivity index (χ2n) is 5.10. The van der Waals surface area contributed by atoms with E-state index >= 15 is 0 Å². The lowest BCUT2D eigenvalue weighted by atomic mass is 9.70. The van der Waals surface area contributed by atoms with Crippen molar-refractivity contribution in [1.29, 1.82) is 0 Å². The molecule has 4 fully saturated rings. The first-order valence-corrected chi connectivity index (χ1v) is 4.54. The molecule has 0 aromatic carbocycles. The van der Waals surface area contributed by atoms with Crippen LogP contribution in [0.25, 0.3) is 0 Å². The number of nitrogens with two attached hydrogens (primary N) is 1. The lowest BCUT2D eigenvalue weighted by Crippen LogP contribution is -2.28. The van der Waals surface area contributed by atoms with Gasteiger partial charge in [-0.3, -0.25) is 0 Å². The highest BCUT2D eigenvalue weighted by atomic mass is 15.0. The molecule has 4 rings (SSSR count). The first-order valence-electron chi connectivity index (χ1n) is 4.54. The predicted octanol–water partition coefficient (Wildman–Crippen LogP) is 1.13. The molecule has 0 radical (unpaired) electrons. The summed E-state index contributed by atoms with van der Waals surface area (Å²) in [6.07, 6.45) is 6.01. The predicted molar refractivity (Wildman–Crippen MR) is 38.3 cm³/mol. The first kappa shape index (κ1) is 4.76. The van der Waals surface area contributed by atoms with Crippen LogP contribution in [0, 0.1) is 22.7 Å². The van der Waals surface area contributed by atoms with Crippen molar-refractivity contribution < 1.29 is 0 Å². The van der Waals surface area contributed by atoms with Gasteiger partial charge in [-0.1, -0.05) is 0 Å². The van der Waals surface area contributed by atoms with Crippen molar-refractivity contribution in [1.82, 2.24) is 0 Å². The average Bonchev–Trinajstić information content (AvgIpc) is 2.64. The Bertz CT molecular complexity index is 237. The number of rotatable bonds is 0. The molecule has 0 aromatic rings. The largest absolute Gasteiger partial charge is 0.327 e. The minimum Gasteiger partial charge on any atom is -0.327 e. The Balaban J connectivity index is 1.90. The van der Waals surface area contributed by atoms with E-state index in [1.165, 1.54) is 12.8 Å². The van der Waals surface area contributed by atoms with Crippen molar-refractivity contribution in [2.24, 2.45) is 28.4 Å². The molecule has 54 valence electrons. The summed E-state index contributed by atoms with van der Waals surface area (Å²) in [6.45, 7) is 0. The Labute approximate surface area is 61.0 Å². The zero-order valence-corrected chi connectivity index (χ0v) is 6.14. The van der Waals surface area contributed by atoms with Gasteiger partial charge in [0.05, 0.1) is 0 Å². The third-order valence-corrected chi connectivity index (χ3v) is 5.08. The van der Waals surface area contributed by atoms with Crippen LogP contribution < -0.4 is 5.73 Å². The van der Waals surface area contributed by atoms with E-state index in [1.54, 1.807) is 12.8 Å². The summed E-state index contributed by atoms with van der Waals surface area (Å²) < 4.78 is 0. The molecule has 4 aliphatic carbocycles. The number of hydrogen-bond acceptors (Lipinski definition) is 1. The maximum Gasteiger partial charge on any atom is 0.00784 e. The van der Waals surface area contributed by atoms with Gasteiger partial charge in [0, 0.05) is 6.04 Å². The third kappa shape index (κ3) is 0.230. The highest BCUT2D eigenvalue weighted by Gasteiger charge is 2.88. The smallest absolute Gasteiger partial charge is 0.00784 e. The van der Waals surface area contributed by atoms with E-state index < -0.39 is 0 Å². The van der Waals surface area contributed by atoms with E-state index in [-0.39, 0.29) is 0 Å². The van der Waals surface area contributed by atoms with Crippen LogP contribution in [-0.2, 0) is 0 Å². The lowest BCUT2D eigenvalue weighted by molar-refractivity contribution is 0.145. The van der Waals surface area contributed by atoms with E-state index in [0.29, 0.717) is 6.04 Å². The topological polar surface area (TPSA) is 26.0 Å². The Morgan fingerprint density at radius 1 is 1.00 bits per heavy atom. The van der Waals surface area contributed by atoms with Gasteiger partial charge in [0.2, 0.25) is 0 Å². The normalized spacial score (nSPS) is 80.7. The Kier molecular flexibility index (Phi) is 0.434. The quantitative estimate of drug-likeness (QED) is 0.529. The monoisotopic (exact) mass is 135 g/mol. The van der Waals surface area contributed by atoms with Crippen LogP contribution in [0.1, 0.15) is 25.7 Å². The highest BCUT2D eigenvalue weighted by Crippen LogP contribution is 2.93. The van der Waals surface area contributed by atoms with Crippen molar-refractivity contribution in [2.75, 3.05) is 0 Å². The molecule has 0 amide bonds. The van der Waals surface area contributed by atoms with Crippen LogP contribution in [0.5, 0.6) is 0 Å². The van der Waals surface area contributed by atoms with Gasteiger partial charge in [-0.25, -0.2) is 0 Å². The van der Waals surface area contributed by atoms with Gasteiger partial charge in [-0.2, -0.15) is 0 Å². The summed E-state index contributed by atoms with van der Waals surface area (Å²) >= 11 is 0. The summed E-state index contributed by atoms with van der Waals surface area (Å²) in [5.74, 6) is 2.12. The Hall–Kier alpha value is -0.0400. The summed E-state index contributed by atoms with van der Waals surface area (Å²) in [6, 6.07) is 0.604. The summed E-state index contributed by atoms with van der Waals surface area (Å²) in [4.78, 5) is 0. The maximum atomic E-state index is 6.05. The van der Waals surface area contributed by atoms with Crippen molar-refractivity contribution in [3.05, 3.63) is 0 Å². The van der Waals surface area contributed by atoms with Crippen LogP contribution in [0.2, 0.25) is 0 Å². The molecule has 5 atom stereocenters. The van der Waals surface area contributed by atoms with E-state index in [1.807, 2.05) is 0 Å². The van der Waals surface area contributed by atoms with Crippen molar-refractivity contribution in [3.8, 4) is 0 Å². The molecular weight excluding hydrogens is 122 g/mol. The highest BCUT2D eigenvalue weighted by molar-refractivity contribution is 5.37. The van der Waals surface area contributed by atoms with Gasteiger partial charge in [-0.15, -0.1) is 0 Å². The minimum atomic E-state index is 0.604. The molecule has 0 saturated heterocycles. The van der Waals surface area contributed by atoms with Crippen LogP contribution >= 0.6 is 0 Å². The van der Waals surface area contributed by atoms with E-state index in [9.17, 15) is 0 Å². The molecule has 2 N–H and O–H groups in total. The zero-order chi connectivity index (χ0) is 6.56.